The largest absolute Gasteiger partial charge is 0.493 e. The molecule has 3 aromatic rings. The van der Waals surface area contributed by atoms with Gasteiger partial charge in [0, 0.05) is 16.3 Å². The van der Waals surface area contributed by atoms with Crippen molar-refractivity contribution in [3.8, 4) is 11.5 Å². The van der Waals surface area contributed by atoms with Gasteiger partial charge in [-0.15, -0.1) is 11.3 Å². The van der Waals surface area contributed by atoms with Gasteiger partial charge in [0.2, 0.25) is 0 Å². The van der Waals surface area contributed by atoms with Crippen molar-refractivity contribution < 1.29 is 19.0 Å². The SMILES string of the molecule is CCOC(=O)c1c(Nc2ncnc3cc(OC)c(OC)cc23)sc2c1CCCCC2. The molecule has 0 saturated carbocycles. The van der Waals surface area contributed by atoms with Crippen LogP contribution in [0.15, 0.2) is 18.5 Å². The molecule has 0 bridgehead atoms. The van der Waals surface area contributed by atoms with Gasteiger partial charge in [0.15, 0.2) is 11.5 Å². The molecule has 0 spiro atoms. The van der Waals surface area contributed by atoms with Crippen LogP contribution in [0, 0.1) is 0 Å². The predicted octanol–water partition coefficient (Wildman–Crippen LogP) is 4.90. The third-order valence-electron chi connectivity index (χ3n) is 5.27. The minimum atomic E-state index is -0.281. The van der Waals surface area contributed by atoms with Crippen molar-refractivity contribution in [3.63, 3.8) is 0 Å². The number of nitrogens with zero attached hydrogens (tertiary/aromatic N) is 2. The summed E-state index contributed by atoms with van der Waals surface area (Å²) in [5.74, 6) is 1.53. The van der Waals surface area contributed by atoms with E-state index >= 15 is 0 Å². The molecular weight excluding hydrogens is 402 g/mol. The topological polar surface area (TPSA) is 82.6 Å². The van der Waals surface area contributed by atoms with Gasteiger partial charge in [-0.05, 0) is 44.2 Å². The Morgan fingerprint density at radius 3 is 2.63 bits per heavy atom. The zero-order chi connectivity index (χ0) is 21.1. The molecule has 0 aliphatic heterocycles. The van der Waals surface area contributed by atoms with Crippen molar-refractivity contribution in [1.82, 2.24) is 9.97 Å². The zero-order valence-corrected chi connectivity index (χ0v) is 18.2. The number of aromatic nitrogens is 2. The van der Waals surface area contributed by atoms with E-state index in [9.17, 15) is 4.79 Å². The van der Waals surface area contributed by atoms with Crippen LogP contribution < -0.4 is 14.8 Å². The van der Waals surface area contributed by atoms with Crippen LogP contribution >= 0.6 is 11.3 Å². The summed E-state index contributed by atoms with van der Waals surface area (Å²) in [5, 5.41) is 4.95. The predicted molar refractivity (Wildman–Crippen MR) is 117 cm³/mol. The summed E-state index contributed by atoms with van der Waals surface area (Å²) in [4.78, 5) is 22.9. The van der Waals surface area contributed by atoms with Crippen LogP contribution in [0.4, 0.5) is 10.8 Å². The molecular formula is C22H25N3O4S. The van der Waals surface area contributed by atoms with Crippen molar-refractivity contribution in [2.75, 3.05) is 26.1 Å². The maximum atomic E-state index is 12.8. The number of ether oxygens (including phenoxy) is 3. The van der Waals surface area contributed by atoms with E-state index in [2.05, 4.69) is 15.3 Å². The molecule has 0 saturated heterocycles. The fourth-order valence-electron chi connectivity index (χ4n) is 3.84. The van der Waals surface area contributed by atoms with Gasteiger partial charge >= 0.3 is 5.97 Å². The highest BCUT2D eigenvalue weighted by Gasteiger charge is 2.26. The van der Waals surface area contributed by atoms with Gasteiger partial charge in [0.1, 0.15) is 17.1 Å². The molecule has 158 valence electrons. The summed E-state index contributed by atoms with van der Waals surface area (Å²) in [6, 6.07) is 3.66. The van der Waals surface area contributed by atoms with Crippen molar-refractivity contribution in [3.05, 3.63) is 34.5 Å². The zero-order valence-electron chi connectivity index (χ0n) is 17.4. The Labute approximate surface area is 179 Å². The molecule has 2 aromatic heterocycles. The lowest BCUT2D eigenvalue weighted by atomic mass is 10.1. The summed E-state index contributed by atoms with van der Waals surface area (Å²) < 4.78 is 16.2. The Bertz CT molecular complexity index is 1080. The number of rotatable bonds is 6. The number of carbonyl (C=O) groups excluding carboxylic acids is 1. The molecule has 1 aromatic carbocycles. The number of hydrogen-bond acceptors (Lipinski definition) is 8. The van der Waals surface area contributed by atoms with Crippen molar-refractivity contribution >= 4 is 39.0 Å². The number of methoxy groups -OCH3 is 2. The minimum Gasteiger partial charge on any atom is -0.493 e. The standard InChI is InChI=1S/C22H25N3O4S/c1-4-29-22(26)19-13-8-6-5-7-9-18(13)30-21(19)25-20-14-10-16(27-2)17(28-3)11-15(14)23-12-24-20/h10-12H,4-9H2,1-3H3,(H,23,24,25). The van der Waals surface area contributed by atoms with E-state index in [0.717, 1.165) is 47.2 Å². The lowest BCUT2D eigenvalue weighted by molar-refractivity contribution is 0.0527. The van der Waals surface area contributed by atoms with Crippen LogP contribution in [0.3, 0.4) is 0 Å². The van der Waals surface area contributed by atoms with Crippen molar-refractivity contribution in [2.45, 2.75) is 39.0 Å². The summed E-state index contributed by atoms with van der Waals surface area (Å²) in [6.45, 7) is 2.17. The van der Waals surface area contributed by atoms with Crippen LogP contribution in [-0.4, -0.2) is 36.8 Å². The van der Waals surface area contributed by atoms with Crippen LogP contribution in [0.2, 0.25) is 0 Å². The first-order chi connectivity index (χ1) is 14.7. The number of aryl methyl sites for hydroxylation is 1. The molecule has 1 aliphatic rings. The number of hydrogen-bond donors (Lipinski definition) is 1. The van der Waals surface area contributed by atoms with Gasteiger partial charge in [-0.2, -0.15) is 0 Å². The second-order valence-electron chi connectivity index (χ2n) is 7.06. The fourth-order valence-corrected chi connectivity index (χ4v) is 5.12. The van der Waals surface area contributed by atoms with Crippen LogP contribution in [0.5, 0.6) is 11.5 Å². The summed E-state index contributed by atoms with van der Waals surface area (Å²) in [7, 11) is 3.18. The van der Waals surface area contributed by atoms with Crippen LogP contribution in [0.25, 0.3) is 10.9 Å². The molecule has 1 aliphatic carbocycles. The third kappa shape index (κ3) is 3.79. The van der Waals surface area contributed by atoms with E-state index in [1.165, 1.54) is 17.6 Å². The average molecular weight is 428 g/mol. The van der Waals surface area contributed by atoms with E-state index in [0.29, 0.717) is 29.5 Å². The maximum Gasteiger partial charge on any atom is 0.341 e. The molecule has 8 heteroatoms. The molecule has 0 atom stereocenters. The summed E-state index contributed by atoms with van der Waals surface area (Å²) >= 11 is 1.62. The Morgan fingerprint density at radius 2 is 1.87 bits per heavy atom. The highest BCUT2D eigenvalue weighted by molar-refractivity contribution is 7.16. The smallest absolute Gasteiger partial charge is 0.341 e. The summed E-state index contributed by atoms with van der Waals surface area (Å²) in [6.07, 6.45) is 6.80. The first-order valence-electron chi connectivity index (χ1n) is 10.1. The first kappa shape index (κ1) is 20.4. The molecule has 0 fully saturated rings. The number of fused-ring (bicyclic) bond motifs is 2. The van der Waals surface area contributed by atoms with Crippen molar-refractivity contribution in [1.29, 1.82) is 0 Å². The Hall–Kier alpha value is -2.87. The molecule has 2 heterocycles. The van der Waals surface area contributed by atoms with E-state index < -0.39 is 0 Å². The van der Waals surface area contributed by atoms with E-state index in [4.69, 9.17) is 14.2 Å². The van der Waals surface area contributed by atoms with E-state index in [-0.39, 0.29) is 5.97 Å². The molecule has 7 nitrogen and oxygen atoms in total. The maximum absolute atomic E-state index is 12.8. The van der Waals surface area contributed by atoms with Gasteiger partial charge < -0.3 is 19.5 Å². The first-order valence-corrected chi connectivity index (χ1v) is 10.9. The van der Waals surface area contributed by atoms with Gasteiger partial charge in [0.05, 0.1) is 31.9 Å². The molecule has 30 heavy (non-hydrogen) atoms. The highest BCUT2D eigenvalue weighted by atomic mass is 32.1. The normalized spacial score (nSPS) is 13.4. The Balaban J connectivity index is 1.81. The van der Waals surface area contributed by atoms with Gasteiger partial charge in [-0.3, -0.25) is 0 Å². The summed E-state index contributed by atoms with van der Waals surface area (Å²) in [5.41, 5.74) is 2.49. The Morgan fingerprint density at radius 1 is 1.10 bits per heavy atom. The van der Waals surface area contributed by atoms with Gasteiger partial charge in [0.25, 0.3) is 0 Å². The van der Waals surface area contributed by atoms with Crippen LogP contribution in [-0.2, 0) is 17.6 Å². The second kappa shape index (κ2) is 8.87. The molecule has 1 N–H and O–H groups in total. The third-order valence-corrected chi connectivity index (χ3v) is 6.48. The minimum absolute atomic E-state index is 0.281. The quantitative estimate of drug-likeness (QED) is 0.443. The number of benzene rings is 1. The number of esters is 1. The number of carbonyl (C=O) groups is 1. The lowest BCUT2D eigenvalue weighted by Gasteiger charge is -2.12. The van der Waals surface area contributed by atoms with E-state index in [1.807, 2.05) is 19.1 Å². The lowest BCUT2D eigenvalue weighted by Crippen LogP contribution is -2.09. The fraction of sp³-hybridized carbons (Fsp3) is 0.409. The average Bonchev–Trinajstić information content (AvgIpc) is 2.93. The van der Waals surface area contributed by atoms with Gasteiger partial charge in [-0.25, -0.2) is 14.8 Å². The number of thiophene rings is 1. The molecule has 0 unspecified atom stereocenters. The molecule has 4 rings (SSSR count). The Kier molecular flexibility index (Phi) is 6.03. The number of nitrogens with one attached hydrogen (secondary N) is 1. The monoisotopic (exact) mass is 427 g/mol. The van der Waals surface area contributed by atoms with E-state index in [1.54, 1.807) is 25.6 Å². The number of anilines is 2. The van der Waals surface area contributed by atoms with Gasteiger partial charge in [-0.1, -0.05) is 6.42 Å². The second-order valence-corrected chi connectivity index (χ2v) is 8.17. The molecule has 0 amide bonds. The van der Waals surface area contributed by atoms with Crippen LogP contribution in [0.1, 0.15) is 47.0 Å². The highest BCUT2D eigenvalue weighted by Crippen LogP contribution is 2.41. The van der Waals surface area contributed by atoms with Crippen molar-refractivity contribution in [2.24, 2.45) is 0 Å². The molecule has 0 radical (unpaired) electrons.